The molecule has 0 aliphatic carbocycles. The summed E-state index contributed by atoms with van der Waals surface area (Å²) in [6.07, 6.45) is 1.42. The number of hydrogen-bond donors (Lipinski definition) is 2. The van der Waals surface area contributed by atoms with Crippen molar-refractivity contribution in [2.24, 2.45) is 0 Å². The van der Waals surface area contributed by atoms with E-state index in [1.807, 2.05) is 0 Å². The normalized spacial score (nSPS) is 11.5. The van der Waals surface area contributed by atoms with Crippen LogP contribution < -0.4 is 4.52 Å². The van der Waals surface area contributed by atoms with Gasteiger partial charge in [-0.15, -0.1) is 0 Å². The van der Waals surface area contributed by atoms with E-state index in [9.17, 15) is 4.57 Å². The van der Waals surface area contributed by atoms with E-state index in [2.05, 4.69) is 25.6 Å². The molecular weight excluding hydrogens is 313 g/mol. The highest BCUT2D eigenvalue weighted by molar-refractivity contribution is 9.10. The molecule has 0 bridgehead atoms. The first-order valence-corrected chi connectivity index (χ1v) is 6.73. The summed E-state index contributed by atoms with van der Waals surface area (Å²) in [7, 11) is -4.55. The fourth-order valence-corrected chi connectivity index (χ4v) is 2.06. The Labute approximate surface area is 105 Å². The minimum atomic E-state index is -4.55. The number of phosphoric ester groups is 1. The Balaban J connectivity index is 2.36. The number of phosphoric acid groups is 1. The van der Waals surface area contributed by atoms with Crippen LogP contribution in [0.1, 0.15) is 0 Å². The maximum absolute atomic E-state index is 10.7. The average Bonchev–Trinajstić information content (AvgIpc) is 2.62. The van der Waals surface area contributed by atoms with Gasteiger partial charge in [-0.1, -0.05) is 17.3 Å². The Morgan fingerprint density at radius 2 is 2.18 bits per heavy atom. The van der Waals surface area contributed by atoms with Crippen LogP contribution in [0, 0.1) is 0 Å². The largest absolute Gasteiger partial charge is 0.524 e. The molecule has 0 saturated heterocycles. The van der Waals surface area contributed by atoms with Gasteiger partial charge >= 0.3 is 7.82 Å². The first kappa shape index (κ1) is 12.3. The van der Waals surface area contributed by atoms with Crippen LogP contribution in [0.25, 0.3) is 11.1 Å². The third-order valence-corrected chi connectivity index (χ3v) is 2.92. The molecule has 8 heteroatoms. The molecule has 1 heterocycles. The van der Waals surface area contributed by atoms with Crippen molar-refractivity contribution in [2.75, 3.05) is 0 Å². The molecule has 0 aliphatic heterocycles. The van der Waals surface area contributed by atoms with Crippen LogP contribution in [0.5, 0.6) is 5.75 Å². The Morgan fingerprint density at radius 3 is 2.76 bits per heavy atom. The van der Waals surface area contributed by atoms with Crippen molar-refractivity contribution < 1.29 is 23.4 Å². The van der Waals surface area contributed by atoms with E-state index < -0.39 is 7.82 Å². The zero-order valence-corrected chi connectivity index (χ0v) is 10.8. The van der Waals surface area contributed by atoms with Crippen LogP contribution in [0.2, 0.25) is 0 Å². The number of rotatable bonds is 3. The van der Waals surface area contributed by atoms with Gasteiger partial charge < -0.3 is 9.05 Å². The summed E-state index contributed by atoms with van der Waals surface area (Å²) in [6.45, 7) is 0. The highest BCUT2D eigenvalue weighted by atomic mass is 79.9. The van der Waals surface area contributed by atoms with Gasteiger partial charge in [-0.3, -0.25) is 9.79 Å². The molecule has 2 aromatic rings. The zero-order chi connectivity index (χ0) is 12.5. The van der Waals surface area contributed by atoms with Gasteiger partial charge in [-0.25, -0.2) is 4.57 Å². The zero-order valence-electron chi connectivity index (χ0n) is 8.28. The van der Waals surface area contributed by atoms with Crippen LogP contribution >= 0.6 is 23.8 Å². The minimum absolute atomic E-state index is 0.0731. The predicted octanol–water partition coefficient (Wildman–Crippen LogP) is 2.58. The van der Waals surface area contributed by atoms with Gasteiger partial charge in [0.15, 0.2) is 4.60 Å². The van der Waals surface area contributed by atoms with Crippen LogP contribution in [-0.4, -0.2) is 14.9 Å². The third-order valence-electron chi connectivity index (χ3n) is 1.90. The lowest BCUT2D eigenvalue weighted by molar-refractivity contribution is 0.283. The maximum Gasteiger partial charge on any atom is 0.524 e. The van der Waals surface area contributed by atoms with E-state index >= 15 is 0 Å². The molecule has 0 aliphatic rings. The van der Waals surface area contributed by atoms with Gasteiger partial charge in [0.25, 0.3) is 0 Å². The molecule has 0 amide bonds. The number of halogens is 1. The van der Waals surface area contributed by atoms with Gasteiger partial charge in [0, 0.05) is 0 Å². The molecular formula is C9H7BrNO5P. The van der Waals surface area contributed by atoms with Crippen LogP contribution in [0.4, 0.5) is 0 Å². The van der Waals surface area contributed by atoms with Crippen molar-refractivity contribution in [3.8, 4) is 16.9 Å². The van der Waals surface area contributed by atoms with E-state index in [1.54, 1.807) is 12.1 Å². The topological polar surface area (TPSA) is 92.8 Å². The quantitative estimate of drug-likeness (QED) is 0.845. The summed E-state index contributed by atoms with van der Waals surface area (Å²) in [5.74, 6) is 0.0731. The van der Waals surface area contributed by atoms with Crippen LogP contribution in [-0.2, 0) is 4.57 Å². The van der Waals surface area contributed by atoms with Gasteiger partial charge in [-0.05, 0) is 33.6 Å². The molecule has 2 N–H and O–H groups in total. The summed E-state index contributed by atoms with van der Waals surface area (Å²) in [5, 5.41) is 3.64. The minimum Gasteiger partial charge on any atom is -0.404 e. The Morgan fingerprint density at radius 1 is 1.41 bits per heavy atom. The summed E-state index contributed by atoms with van der Waals surface area (Å²) in [5.41, 5.74) is 1.34. The Hall–Kier alpha value is -1.14. The van der Waals surface area contributed by atoms with Gasteiger partial charge in [0.2, 0.25) is 0 Å². The summed E-state index contributed by atoms with van der Waals surface area (Å²) in [4.78, 5) is 17.4. The smallest absolute Gasteiger partial charge is 0.404 e. The SMILES string of the molecule is O=P(O)(O)Oc1cccc(-c2conc2Br)c1. The predicted molar refractivity (Wildman–Crippen MR) is 62.3 cm³/mol. The van der Waals surface area contributed by atoms with E-state index in [-0.39, 0.29) is 5.75 Å². The standard InChI is InChI=1S/C9H7BrNO5P/c10-9-8(5-15-11-9)6-2-1-3-7(4-6)16-17(12,13)14/h1-5H,(H2,12,13,14). The lowest BCUT2D eigenvalue weighted by Gasteiger charge is -2.07. The Bertz CT molecular complexity index is 578. The second-order valence-electron chi connectivity index (χ2n) is 3.13. The first-order valence-electron chi connectivity index (χ1n) is 4.41. The number of benzene rings is 1. The molecule has 6 nitrogen and oxygen atoms in total. The molecule has 2 rings (SSSR count). The molecule has 0 atom stereocenters. The van der Waals surface area contributed by atoms with Crippen molar-refractivity contribution in [2.45, 2.75) is 0 Å². The maximum atomic E-state index is 10.7. The van der Waals surface area contributed by atoms with Crippen molar-refractivity contribution in [3.63, 3.8) is 0 Å². The lowest BCUT2D eigenvalue weighted by atomic mass is 10.1. The third kappa shape index (κ3) is 3.17. The number of aromatic nitrogens is 1. The van der Waals surface area contributed by atoms with Crippen LogP contribution in [0.3, 0.4) is 0 Å². The van der Waals surface area contributed by atoms with E-state index in [4.69, 9.17) is 14.3 Å². The lowest BCUT2D eigenvalue weighted by Crippen LogP contribution is -1.90. The van der Waals surface area contributed by atoms with Gasteiger partial charge in [0.05, 0.1) is 5.56 Å². The van der Waals surface area contributed by atoms with Crippen molar-refractivity contribution >= 4 is 23.8 Å². The molecule has 1 aromatic carbocycles. The molecule has 90 valence electrons. The second kappa shape index (κ2) is 4.62. The highest BCUT2D eigenvalue weighted by Gasteiger charge is 2.16. The molecule has 0 saturated carbocycles. The first-order chi connectivity index (χ1) is 7.96. The van der Waals surface area contributed by atoms with Crippen molar-refractivity contribution in [1.82, 2.24) is 5.16 Å². The molecule has 0 spiro atoms. The van der Waals surface area contributed by atoms with Crippen molar-refractivity contribution in [3.05, 3.63) is 35.1 Å². The van der Waals surface area contributed by atoms with E-state index in [0.717, 1.165) is 0 Å². The second-order valence-corrected chi connectivity index (χ2v) is 5.04. The highest BCUT2D eigenvalue weighted by Crippen LogP contribution is 2.39. The molecule has 0 radical (unpaired) electrons. The molecule has 17 heavy (non-hydrogen) atoms. The molecule has 1 aromatic heterocycles. The monoisotopic (exact) mass is 319 g/mol. The van der Waals surface area contributed by atoms with Gasteiger partial charge in [-0.2, -0.15) is 0 Å². The summed E-state index contributed by atoms with van der Waals surface area (Å²) >= 11 is 3.19. The fraction of sp³-hybridized carbons (Fsp3) is 0. The van der Waals surface area contributed by atoms with E-state index in [0.29, 0.717) is 15.7 Å². The summed E-state index contributed by atoms with van der Waals surface area (Å²) < 4.78 is 20.4. The fourth-order valence-electron chi connectivity index (χ4n) is 1.27. The van der Waals surface area contributed by atoms with E-state index in [1.165, 1.54) is 18.4 Å². The molecule has 0 fully saturated rings. The number of hydrogen-bond acceptors (Lipinski definition) is 4. The van der Waals surface area contributed by atoms with Gasteiger partial charge in [0.1, 0.15) is 12.0 Å². The number of nitrogens with zero attached hydrogens (tertiary/aromatic N) is 1. The Kier molecular flexibility index (Phi) is 3.35. The van der Waals surface area contributed by atoms with Crippen molar-refractivity contribution in [1.29, 1.82) is 0 Å². The summed E-state index contributed by atoms with van der Waals surface area (Å²) in [6, 6.07) is 6.28. The van der Waals surface area contributed by atoms with Crippen LogP contribution in [0.15, 0.2) is 39.7 Å². The average molecular weight is 320 g/mol. The molecule has 0 unspecified atom stereocenters.